The number of allylic oxidation sites excluding steroid dienone is 4. The van der Waals surface area contributed by atoms with Gasteiger partial charge in [-0.3, -0.25) is 0 Å². The zero-order chi connectivity index (χ0) is 40.4. The minimum atomic E-state index is 0.873. The summed E-state index contributed by atoms with van der Waals surface area (Å²) in [5.41, 5.74) is 27.8. The van der Waals surface area contributed by atoms with Crippen molar-refractivity contribution >= 4 is 11.4 Å². The van der Waals surface area contributed by atoms with E-state index in [2.05, 4.69) is 106 Å². The van der Waals surface area contributed by atoms with E-state index in [1.54, 1.807) is 10.3 Å². The maximum atomic E-state index is 12.2. The summed E-state index contributed by atoms with van der Waals surface area (Å²) in [5.74, 6) is 0. The zero-order valence-corrected chi connectivity index (χ0v) is 38.6. The summed E-state index contributed by atoms with van der Waals surface area (Å²) in [6, 6.07) is 9.61. The fourth-order valence-electron chi connectivity index (χ4n) is 8.20. The van der Waals surface area contributed by atoms with Gasteiger partial charge in [-0.1, -0.05) is 99.1 Å². The molecule has 0 N–H and O–H groups in total. The molecule has 0 fully saturated rings. The first-order chi connectivity index (χ1) is 26.8. The first-order valence-corrected chi connectivity index (χ1v) is 24.6. The van der Waals surface area contributed by atoms with Gasteiger partial charge in [-0.2, -0.15) is 0 Å². The molecule has 0 radical (unpaired) electrons. The second kappa shape index (κ2) is 29.0. The van der Waals surface area contributed by atoms with E-state index in [1.165, 1.54) is 152 Å². The third kappa shape index (κ3) is 15.2. The van der Waals surface area contributed by atoms with E-state index in [9.17, 15) is 5.53 Å². The first kappa shape index (κ1) is 48.9. The molecular formula is C52H84N2Ni. The van der Waals surface area contributed by atoms with Crippen molar-refractivity contribution in [2.75, 3.05) is 0 Å². The number of hydrogen-bond donors (Lipinski definition) is 0. The van der Waals surface area contributed by atoms with Crippen LogP contribution in [0.2, 0.25) is 10.8 Å². The van der Waals surface area contributed by atoms with Crippen molar-refractivity contribution in [2.24, 2.45) is 0 Å². The van der Waals surface area contributed by atoms with Crippen LogP contribution in [0.4, 0.5) is 0 Å². The van der Waals surface area contributed by atoms with Crippen LogP contribution < -0.4 is 0 Å². The molecule has 0 aromatic heterocycles. The number of benzene rings is 2. The third-order valence-corrected chi connectivity index (χ3v) is 12.7. The minimum absolute atomic E-state index is 0.873. The monoisotopic (exact) mass is 795 g/mol. The molecule has 0 atom stereocenters. The Bertz CT molecular complexity index is 1440. The molecule has 2 aromatic carbocycles. The van der Waals surface area contributed by atoms with E-state index in [-0.39, 0.29) is 0 Å². The van der Waals surface area contributed by atoms with Crippen LogP contribution >= 0.6 is 0 Å². The number of hydrogen-bond acceptors (Lipinski definition) is 0. The standard InChI is InChI=1S/C42H62N2.2C5H11.Ni/c1-9-17-20-24-33-29-36(30-34(25-21-18-10-2)39(33)26-22-19-11-3)41-38(16-8)40(23-12-4)42(44(41)43)35-27-31(13-5)37(15-7)32(14-6)28-35;2*1-3-5-4-2;/h12,23,27-30H,9-11,13-22,24-26H2,1-8H3;2*1,3-5H2,2H3;. The Balaban J connectivity index is 0.000000823. The van der Waals surface area contributed by atoms with Gasteiger partial charge in [0.15, 0.2) is 0 Å². The zero-order valence-electron chi connectivity index (χ0n) is 37.6. The molecule has 0 saturated heterocycles. The summed E-state index contributed by atoms with van der Waals surface area (Å²) in [5, 5.41) is 2.81. The van der Waals surface area contributed by atoms with Crippen LogP contribution in [0.25, 0.3) is 16.9 Å². The van der Waals surface area contributed by atoms with E-state index in [1.807, 2.05) is 14.4 Å². The molecule has 3 heteroatoms. The van der Waals surface area contributed by atoms with Gasteiger partial charge in [-0.15, -0.1) is 0 Å². The number of aryl methyl sites for hydroxylation is 4. The van der Waals surface area contributed by atoms with E-state index in [4.69, 9.17) is 0 Å². The Morgan fingerprint density at radius 1 is 0.491 bits per heavy atom. The summed E-state index contributed by atoms with van der Waals surface area (Å²) in [4.78, 5) is 0. The van der Waals surface area contributed by atoms with Crippen molar-refractivity contribution in [1.82, 2.24) is 0 Å². The van der Waals surface area contributed by atoms with Gasteiger partial charge in [0.05, 0.1) is 5.57 Å². The van der Waals surface area contributed by atoms with Gasteiger partial charge in [0, 0.05) is 16.7 Å². The van der Waals surface area contributed by atoms with Crippen molar-refractivity contribution < 1.29 is 19.1 Å². The van der Waals surface area contributed by atoms with E-state index in [0.717, 1.165) is 61.1 Å². The fraction of sp³-hybridized carbons (Fsp3) is 0.654. The molecule has 3 rings (SSSR count). The van der Waals surface area contributed by atoms with Crippen LogP contribution in [0.1, 0.15) is 216 Å². The van der Waals surface area contributed by atoms with Crippen molar-refractivity contribution in [2.45, 2.75) is 221 Å². The molecule has 1 heterocycles. The van der Waals surface area contributed by atoms with Crippen molar-refractivity contribution in [3.63, 3.8) is 0 Å². The van der Waals surface area contributed by atoms with Crippen LogP contribution in [-0.2, 0) is 53.0 Å². The normalized spacial score (nSPS) is 13.2. The molecule has 2 aromatic rings. The van der Waals surface area contributed by atoms with Crippen molar-refractivity contribution in [3.05, 3.63) is 97.6 Å². The summed E-state index contributed by atoms with van der Waals surface area (Å²) >= 11 is 1.97. The molecule has 0 aliphatic carbocycles. The van der Waals surface area contributed by atoms with Crippen molar-refractivity contribution in [3.8, 4) is 0 Å². The van der Waals surface area contributed by atoms with Crippen LogP contribution in [0.5, 0.6) is 0 Å². The molecule has 2 nitrogen and oxygen atoms in total. The van der Waals surface area contributed by atoms with Gasteiger partial charge in [-0.25, -0.2) is 4.70 Å². The van der Waals surface area contributed by atoms with Crippen LogP contribution in [0, 0.1) is 0 Å². The van der Waals surface area contributed by atoms with Gasteiger partial charge in [0.2, 0.25) is 11.4 Å². The predicted molar refractivity (Wildman–Crippen MR) is 242 cm³/mol. The molecule has 0 unspecified atom stereocenters. The molecule has 0 spiro atoms. The third-order valence-electron chi connectivity index (χ3n) is 11.3. The molecule has 55 heavy (non-hydrogen) atoms. The van der Waals surface area contributed by atoms with Crippen LogP contribution in [-0.4, -0.2) is 4.70 Å². The predicted octanol–water partition coefficient (Wildman–Crippen LogP) is 17.0. The van der Waals surface area contributed by atoms with E-state index >= 15 is 0 Å². The molecule has 0 bridgehead atoms. The maximum absolute atomic E-state index is 12.2. The molecule has 0 amide bonds. The Hall–Kier alpha value is -2.25. The van der Waals surface area contributed by atoms with Gasteiger partial charge in [0.1, 0.15) is 0 Å². The Morgan fingerprint density at radius 3 is 1.35 bits per heavy atom. The second-order valence-electron chi connectivity index (χ2n) is 15.6. The Morgan fingerprint density at radius 2 is 0.927 bits per heavy atom. The number of nitrogens with zero attached hydrogens (tertiary/aromatic N) is 2. The summed E-state index contributed by atoms with van der Waals surface area (Å²) in [7, 11) is 0. The Kier molecular flexibility index (Phi) is 25.8. The SMILES string of the molecule is CC=CC1=C(c2cc(CC)c(CC)c(CC)c2)[N+](=[N-])C(c2cc(CCCCC)c(CCCCC)c(CCCCC)c2)=C1CC.CCCC[CH2][Ni][CH2]CCCC. The topological polar surface area (TPSA) is 25.3 Å². The van der Waals surface area contributed by atoms with Crippen molar-refractivity contribution in [1.29, 1.82) is 0 Å². The van der Waals surface area contributed by atoms with Crippen LogP contribution in [0.15, 0.2) is 47.6 Å². The quantitative estimate of drug-likeness (QED) is 0.0489. The van der Waals surface area contributed by atoms with Gasteiger partial charge in [0.25, 0.3) is 0 Å². The average Bonchev–Trinajstić information content (AvgIpc) is 3.48. The molecular weight excluding hydrogens is 711 g/mol. The van der Waals surface area contributed by atoms with Gasteiger partial charge >= 0.3 is 77.6 Å². The molecule has 1 aliphatic rings. The van der Waals surface area contributed by atoms with E-state index in [0.29, 0.717) is 0 Å². The average molecular weight is 796 g/mol. The molecule has 0 saturated carbocycles. The molecule has 312 valence electrons. The van der Waals surface area contributed by atoms with Gasteiger partial charge < -0.3 is 5.53 Å². The van der Waals surface area contributed by atoms with E-state index < -0.39 is 0 Å². The van der Waals surface area contributed by atoms with Crippen LogP contribution in [0.3, 0.4) is 0 Å². The summed E-state index contributed by atoms with van der Waals surface area (Å²) in [6.07, 6.45) is 31.4. The summed E-state index contributed by atoms with van der Waals surface area (Å²) < 4.78 is 1.56. The number of rotatable bonds is 27. The second-order valence-corrected chi connectivity index (χ2v) is 17.1. The molecule has 1 aliphatic heterocycles. The summed E-state index contributed by atoms with van der Waals surface area (Å²) in [6.45, 7) is 22.6. The van der Waals surface area contributed by atoms with Gasteiger partial charge in [-0.05, 0) is 129 Å². The number of unbranched alkanes of at least 4 members (excludes halogenated alkanes) is 10. The first-order valence-electron chi connectivity index (χ1n) is 23.2. The Labute approximate surface area is 347 Å². The fourth-order valence-corrected chi connectivity index (χ4v) is 9.44.